The molecule has 0 spiro atoms. The van der Waals surface area contributed by atoms with Crippen LogP contribution in [0.5, 0.6) is 0 Å². The van der Waals surface area contributed by atoms with Crippen LogP contribution in [0.4, 0.5) is 0 Å². The number of terminal acetylenes is 1. The number of furan rings is 1. The van der Waals surface area contributed by atoms with E-state index in [4.69, 9.17) is 10.8 Å². The second kappa shape index (κ2) is 3.99. The largest absolute Gasteiger partial charge is 0.466 e. The first-order valence-electron chi connectivity index (χ1n) is 5.78. The van der Waals surface area contributed by atoms with Crippen molar-refractivity contribution in [2.24, 2.45) is 5.41 Å². The predicted octanol–water partition coefficient (Wildman–Crippen LogP) is 2.82. The van der Waals surface area contributed by atoms with Gasteiger partial charge in [-0.25, -0.2) is 0 Å². The lowest BCUT2D eigenvalue weighted by molar-refractivity contribution is 0.237. The Morgan fingerprint density at radius 2 is 2.38 bits per heavy atom. The number of hydrogen-bond donors (Lipinski definition) is 1. The van der Waals surface area contributed by atoms with Crippen molar-refractivity contribution in [3.63, 3.8) is 0 Å². The van der Waals surface area contributed by atoms with Crippen LogP contribution < -0.4 is 5.32 Å². The van der Waals surface area contributed by atoms with E-state index in [2.05, 4.69) is 31.2 Å². The van der Waals surface area contributed by atoms with Crippen LogP contribution in [0.3, 0.4) is 0 Å². The summed E-state index contributed by atoms with van der Waals surface area (Å²) in [6.45, 7) is 7.17. The van der Waals surface area contributed by atoms with Crippen LogP contribution in [0.2, 0.25) is 0 Å². The van der Waals surface area contributed by atoms with Gasteiger partial charge < -0.3 is 4.42 Å². The molecule has 0 amide bonds. The Labute approximate surface area is 97.4 Å². The monoisotopic (exact) mass is 217 g/mol. The van der Waals surface area contributed by atoms with E-state index in [0.717, 1.165) is 24.4 Å². The number of aryl methyl sites for hydroxylation is 1. The second-order valence-corrected chi connectivity index (χ2v) is 5.42. The number of fused-ring (bicyclic) bond motifs is 1. The van der Waals surface area contributed by atoms with E-state index >= 15 is 0 Å². The lowest BCUT2D eigenvalue weighted by atomic mass is 9.75. The van der Waals surface area contributed by atoms with Gasteiger partial charge in [0.1, 0.15) is 11.5 Å². The Balaban J connectivity index is 2.28. The van der Waals surface area contributed by atoms with Gasteiger partial charge in [-0.15, -0.1) is 6.42 Å². The summed E-state index contributed by atoms with van der Waals surface area (Å²) >= 11 is 0. The summed E-state index contributed by atoms with van der Waals surface area (Å²) < 4.78 is 5.76. The summed E-state index contributed by atoms with van der Waals surface area (Å²) in [5, 5.41) is 3.40. The number of hydrogen-bond acceptors (Lipinski definition) is 2. The molecule has 1 aromatic heterocycles. The minimum Gasteiger partial charge on any atom is -0.466 e. The third-order valence-corrected chi connectivity index (χ3v) is 3.19. The number of rotatable bonds is 2. The van der Waals surface area contributed by atoms with Gasteiger partial charge >= 0.3 is 0 Å². The van der Waals surface area contributed by atoms with Gasteiger partial charge in [0.25, 0.3) is 0 Å². The van der Waals surface area contributed by atoms with Gasteiger partial charge in [-0.1, -0.05) is 19.8 Å². The molecule has 86 valence electrons. The van der Waals surface area contributed by atoms with Gasteiger partial charge in [0, 0.05) is 18.0 Å². The molecule has 0 aromatic carbocycles. The van der Waals surface area contributed by atoms with Gasteiger partial charge in [0.2, 0.25) is 0 Å². The minimum absolute atomic E-state index is 0.281. The Bertz CT molecular complexity index is 422. The van der Waals surface area contributed by atoms with Crippen LogP contribution in [-0.2, 0) is 6.42 Å². The Kier molecular flexibility index (Phi) is 2.82. The summed E-state index contributed by atoms with van der Waals surface area (Å²) in [6, 6.07) is 2.48. The van der Waals surface area contributed by atoms with Gasteiger partial charge in [-0.05, 0) is 24.8 Å². The van der Waals surface area contributed by atoms with Crippen LogP contribution >= 0.6 is 0 Å². The Morgan fingerprint density at radius 1 is 1.62 bits per heavy atom. The van der Waals surface area contributed by atoms with Crippen LogP contribution in [-0.4, -0.2) is 6.54 Å². The molecular weight excluding hydrogens is 198 g/mol. The highest BCUT2D eigenvalue weighted by Gasteiger charge is 2.34. The maximum atomic E-state index is 5.76. The average molecular weight is 217 g/mol. The lowest BCUT2D eigenvalue weighted by Gasteiger charge is -2.34. The summed E-state index contributed by atoms with van der Waals surface area (Å²) in [5.41, 5.74) is 1.58. The molecule has 1 atom stereocenters. The lowest BCUT2D eigenvalue weighted by Crippen LogP contribution is -2.32. The molecule has 0 saturated carbocycles. The zero-order valence-corrected chi connectivity index (χ0v) is 10.3. The maximum absolute atomic E-state index is 5.76. The van der Waals surface area contributed by atoms with Crippen molar-refractivity contribution in [2.75, 3.05) is 6.54 Å². The molecule has 1 heterocycles. The Hall–Kier alpha value is -1.20. The first-order chi connectivity index (χ1) is 7.52. The molecule has 0 radical (unpaired) electrons. The molecule has 0 bridgehead atoms. The van der Waals surface area contributed by atoms with E-state index < -0.39 is 0 Å². The highest BCUT2D eigenvalue weighted by Crippen LogP contribution is 2.41. The predicted molar refractivity (Wildman–Crippen MR) is 65.1 cm³/mol. The first kappa shape index (κ1) is 11.3. The number of nitrogens with one attached hydrogen (secondary N) is 1. The van der Waals surface area contributed by atoms with Crippen molar-refractivity contribution in [1.82, 2.24) is 5.32 Å². The summed E-state index contributed by atoms with van der Waals surface area (Å²) in [6.07, 6.45) is 7.43. The van der Waals surface area contributed by atoms with E-state index in [1.54, 1.807) is 0 Å². The SMILES string of the molecule is C#CCNC1CC(C)(C)Cc2oc(C)cc21. The molecule has 2 heteroatoms. The van der Waals surface area contributed by atoms with Crippen molar-refractivity contribution >= 4 is 0 Å². The standard InChI is InChI=1S/C14H19NO/c1-5-6-15-12-8-14(3,4)9-13-11(12)7-10(2)16-13/h1,7,12,15H,6,8-9H2,2-4H3. The topological polar surface area (TPSA) is 25.2 Å². The van der Waals surface area contributed by atoms with E-state index in [1.807, 2.05) is 6.92 Å². The average Bonchev–Trinajstić information content (AvgIpc) is 2.53. The fourth-order valence-corrected chi connectivity index (χ4v) is 2.55. The summed E-state index contributed by atoms with van der Waals surface area (Å²) in [4.78, 5) is 0. The molecule has 1 unspecified atom stereocenters. The van der Waals surface area contributed by atoms with Crippen molar-refractivity contribution in [3.05, 3.63) is 23.2 Å². The van der Waals surface area contributed by atoms with Gasteiger partial charge in [0.05, 0.1) is 6.54 Å². The smallest absolute Gasteiger partial charge is 0.109 e. The third-order valence-electron chi connectivity index (χ3n) is 3.19. The quantitative estimate of drug-likeness (QED) is 0.771. The summed E-state index contributed by atoms with van der Waals surface area (Å²) in [5.74, 6) is 4.76. The molecule has 1 N–H and O–H groups in total. The fraction of sp³-hybridized carbons (Fsp3) is 0.571. The minimum atomic E-state index is 0.281. The molecule has 1 aliphatic rings. The van der Waals surface area contributed by atoms with Crippen molar-refractivity contribution in [1.29, 1.82) is 0 Å². The highest BCUT2D eigenvalue weighted by molar-refractivity contribution is 5.29. The third kappa shape index (κ3) is 2.15. The van der Waals surface area contributed by atoms with E-state index in [-0.39, 0.29) is 5.41 Å². The van der Waals surface area contributed by atoms with Crippen LogP contribution in [0.25, 0.3) is 0 Å². The molecule has 0 fully saturated rings. The molecule has 0 aliphatic heterocycles. The van der Waals surface area contributed by atoms with E-state index in [1.165, 1.54) is 5.56 Å². The molecule has 2 rings (SSSR count). The van der Waals surface area contributed by atoms with Gasteiger partial charge in [-0.2, -0.15) is 0 Å². The Morgan fingerprint density at radius 3 is 3.06 bits per heavy atom. The molecular formula is C14H19NO. The van der Waals surface area contributed by atoms with Crippen LogP contribution in [0.1, 0.15) is 43.4 Å². The second-order valence-electron chi connectivity index (χ2n) is 5.42. The molecule has 1 aliphatic carbocycles. The van der Waals surface area contributed by atoms with Crippen molar-refractivity contribution in [3.8, 4) is 12.3 Å². The van der Waals surface area contributed by atoms with E-state index in [0.29, 0.717) is 12.6 Å². The van der Waals surface area contributed by atoms with E-state index in [9.17, 15) is 0 Å². The van der Waals surface area contributed by atoms with Crippen molar-refractivity contribution in [2.45, 2.75) is 39.7 Å². The maximum Gasteiger partial charge on any atom is 0.109 e. The van der Waals surface area contributed by atoms with Gasteiger partial charge in [0.15, 0.2) is 0 Å². The fourth-order valence-electron chi connectivity index (χ4n) is 2.55. The van der Waals surface area contributed by atoms with Crippen molar-refractivity contribution < 1.29 is 4.42 Å². The zero-order chi connectivity index (χ0) is 11.8. The zero-order valence-electron chi connectivity index (χ0n) is 10.3. The molecule has 16 heavy (non-hydrogen) atoms. The van der Waals surface area contributed by atoms with Crippen LogP contribution in [0.15, 0.2) is 10.5 Å². The van der Waals surface area contributed by atoms with Gasteiger partial charge in [-0.3, -0.25) is 5.32 Å². The summed E-state index contributed by atoms with van der Waals surface area (Å²) in [7, 11) is 0. The molecule has 2 nitrogen and oxygen atoms in total. The highest BCUT2D eigenvalue weighted by atomic mass is 16.3. The van der Waals surface area contributed by atoms with Crippen LogP contribution in [0, 0.1) is 24.7 Å². The molecule has 0 saturated heterocycles. The first-order valence-corrected chi connectivity index (χ1v) is 5.78. The normalized spacial score (nSPS) is 22.5. The molecule has 1 aromatic rings.